The first-order valence-corrected chi connectivity index (χ1v) is 24.0. The third-order valence-electron chi connectivity index (χ3n) is 11.3. The van der Waals surface area contributed by atoms with Gasteiger partial charge in [0.1, 0.15) is 34.3 Å². The van der Waals surface area contributed by atoms with Gasteiger partial charge in [-0.25, -0.2) is 0 Å². The van der Waals surface area contributed by atoms with E-state index in [-0.39, 0.29) is 103 Å². The Morgan fingerprint density at radius 3 is 1.33 bits per heavy atom. The summed E-state index contributed by atoms with van der Waals surface area (Å²) in [5.74, 6) is -0.689. The number of pyridine rings is 6. The topological polar surface area (TPSA) is 310 Å². The minimum Gasteiger partial charge on any atom is -0.508 e. The van der Waals surface area contributed by atoms with E-state index in [1.54, 1.807) is 72.4 Å². The Labute approximate surface area is 445 Å². The predicted octanol–water partition coefficient (Wildman–Crippen LogP) is 9.15. The molecule has 10 rings (SSSR count). The minimum atomic E-state index is -1.20. The molecular weight excluding hydrogens is 993 g/mol. The van der Waals surface area contributed by atoms with Gasteiger partial charge in [0.2, 0.25) is 30.0 Å². The quantitative estimate of drug-likeness (QED) is 0.0385. The van der Waals surface area contributed by atoms with E-state index >= 15 is 0 Å². The molecule has 78 heavy (non-hydrogen) atoms. The lowest BCUT2D eigenvalue weighted by atomic mass is 10.2. The van der Waals surface area contributed by atoms with Crippen molar-refractivity contribution in [3.8, 4) is 23.0 Å². The van der Waals surface area contributed by atoms with Crippen molar-refractivity contribution in [1.82, 2.24) is 59.8 Å². The molecule has 1 atom stereocenters. The molecule has 24 nitrogen and oxygen atoms in total. The smallest absolute Gasteiger partial charge is 0.275 e. The number of aromatic nitrogens is 12. The van der Waals surface area contributed by atoms with Crippen molar-refractivity contribution in [3.05, 3.63) is 217 Å². The van der Waals surface area contributed by atoms with Crippen molar-refractivity contribution in [2.75, 3.05) is 20.4 Å². The molecular formula is C54H46N20O4. The SMILES string of the molecule is Nc1nc(/N=N/c2ccc(O)cc2O)nc(N(Cc2ccccn2)C(Oc2cc(O)ccc2/N=N/c2nc(N(Cc3ccccn3)Cc3ccccn3)nc(N(Cc3ccccn3)Cc3ccccn3)n2)c2ccccn2)n1. The molecule has 5 N–H and O–H groups in total. The Morgan fingerprint density at radius 2 is 0.859 bits per heavy atom. The second kappa shape index (κ2) is 24.3. The maximum atomic E-state index is 11.1. The van der Waals surface area contributed by atoms with Crippen LogP contribution in [0.4, 0.5) is 47.1 Å². The molecule has 0 aliphatic carbocycles. The third kappa shape index (κ3) is 13.4. The van der Waals surface area contributed by atoms with Gasteiger partial charge in [-0.2, -0.15) is 29.9 Å². The maximum Gasteiger partial charge on any atom is 0.275 e. The van der Waals surface area contributed by atoms with Gasteiger partial charge in [0, 0.05) is 49.3 Å². The van der Waals surface area contributed by atoms with Crippen LogP contribution in [0.15, 0.2) is 203 Å². The number of azo groups is 2. The Balaban J connectivity index is 1.07. The van der Waals surface area contributed by atoms with Crippen molar-refractivity contribution >= 4 is 47.1 Å². The van der Waals surface area contributed by atoms with Crippen LogP contribution in [-0.2, 0) is 32.7 Å². The summed E-state index contributed by atoms with van der Waals surface area (Å²) in [5, 5.41) is 48.8. The van der Waals surface area contributed by atoms with Gasteiger partial charge in [0.25, 0.3) is 11.9 Å². The van der Waals surface area contributed by atoms with Crippen molar-refractivity contribution in [3.63, 3.8) is 0 Å². The number of phenolic OH excluding ortho intramolecular Hbond substituents is 3. The summed E-state index contributed by atoms with van der Waals surface area (Å²) in [7, 11) is 0. The molecule has 0 aliphatic heterocycles. The van der Waals surface area contributed by atoms with E-state index < -0.39 is 6.23 Å². The molecule has 0 amide bonds. The highest BCUT2D eigenvalue weighted by Gasteiger charge is 2.30. The lowest BCUT2D eigenvalue weighted by molar-refractivity contribution is 0.190. The number of nitrogens with two attached hydrogens (primary N) is 1. The van der Waals surface area contributed by atoms with Gasteiger partial charge in [-0.3, -0.25) is 34.8 Å². The fraction of sp³-hybridized carbons (Fsp3) is 0.111. The molecule has 0 aliphatic rings. The molecule has 0 spiro atoms. The largest absolute Gasteiger partial charge is 0.508 e. The number of aromatic hydroxyl groups is 3. The molecule has 10 aromatic rings. The zero-order chi connectivity index (χ0) is 53.5. The van der Waals surface area contributed by atoms with Crippen LogP contribution >= 0.6 is 0 Å². The number of benzene rings is 2. The van der Waals surface area contributed by atoms with Crippen LogP contribution in [-0.4, -0.2) is 75.1 Å². The monoisotopic (exact) mass is 1040 g/mol. The van der Waals surface area contributed by atoms with Crippen molar-refractivity contribution in [1.29, 1.82) is 0 Å². The van der Waals surface area contributed by atoms with Crippen LogP contribution in [0.5, 0.6) is 23.0 Å². The summed E-state index contributed by atoms with van der Waals surface area (Å²) in [4.78, 5) is 61.3. The number of phenols is 3. The van der Waals surface area contributed by atoms with E-state index in [2.05, 4.69) is 65.3 Å². The molecule has 0 bridgehead atoms. The third-order valence-corrected chi connectivity index (χ3v) is 11.3. The molecule has 386 valence electrons. The fourth-order valence-corrected chi connectivity index (χ4v) is 7.68. The molecule has 8 aromatic heterocycles. The summed E-state index contributed by atoms with van der Waals surface area (Å²) < 4.78 is 6.89. The number of nitrogens with zero attached hydrogens (tertiary/aromatic N) is 19. The standard InChI is InChI=1S/C54H46N20O4/c55-49-62-50(70-68-43-21-19-41(75)29-46(43)77)66-54(63-49)74(35-40-17-5-11-27-60-40)48(45-18-6-12-28-61-45)78-47-30-42(76)20-22-44(47)69-71-51-64-52(72(31-36-13-1-7-23-56-36)32-37-14-2-8-24-57-37)67-53(65-51)73(33-38-15-3-9-25-58-38)34-39-16-4-10-26-59-39/h1-30,48,75-77H,31-35H2,(H2,55,62,63,66)/b70-68+,71-69+. The molecule has 2 aromatic carbocycles. The Kier molecular flexibility index (Phi) is 15.7. The first-order valence-electron chi connectivity index (χ1n) is 24.0. The van der Waals surface area contributed by atoms with E-state index in [4.69, 9.17) is 25.4 Å². The van der Waals surface area contributed by atoms with Crippen LogP contribution in [0.1, 0.15) is 40.4 Å². The number of hydrogen-bond donors (Lipinski definition) is 4. The van der Waals surface area contributed by atoms with Gasteiger partial charge in [-0.15, -0.1) is 20.5 Å². The molecule has 24 heteroatoms. The van der Waals surface area contributed by atoms with Crippen LogP contribution in [0.2, 0.25) is 0 Å². The summed E-state index contributed by atoms with van der Waals surface area (Å²) in [6.45, 7) is 1.16. The Morgan fingerprint density at radius 1 is 0.423 bits per heavy atom. The molecule has 8 heterocycles. The normalized spacial score (nSPS) is 11.6. The second-order valence-electron chi connectivity index (χ2n) is 16.9. The van der Waals surface area contributed by atoms with Crippen LogP contribution < -0.4 is 25.2 Å². The molecule has 0 fully saturated rings. The molecule has 1 unspecified atom stereocenters. The summed E-state index contributed by atoms with van der Waals surface area (Å²) >= 11 is 0. The van der Waals surface area contributed by atoms with Gasteiger partial charge in [-0.05, 0) is 97.1 Å². The first-order chi connectivity index (χ1) is 38.2. The highest BCUT2D eigenvalue weighted by atomic mass is 16.5. The van der Waals surface area contributed by atoms with Gasteiger partial charge < -0.3 is 35.6 Å². The first kappa shape index (κ1) is 50.5. The Hall–Kier alpha value is -11.0. The zero-order valence-corrected chi connectivity index (χ0v) is 41.3. The van der Waals surface area contributed by atoms with Crippen LogP contribution in [0, 0.1) is 0 Å². The number of hydrogen-bond acceptors (Lipinski definition) is 24. The number of rotatable bonds is 21. The van der Waals surface area contributed by atoms with E-state index in [0.717, 1.165) is 28.8 Å². The highest BCUT2D eigenvalue weighted by molar-refractivity contribution is 5.56. The minimum absolute atomic E-state index is 0.00789. The van der Waals surface area contributed by atoms with Crippen molar-refractivity contribution < 1.29 is 20.1 Å². The van der Waals surface area contributed by atoms with Crippen molar-refractivity contribution in [2.45, 2.75) is 39.0 Å². The lowest BCUT2D eigenvalue weighted by Crippen LogP contribution is -2.34. The van der Waals surface area contributed by atoms with Crippen LogP contribution in [0.25, 0.3) is 0 Å². The maximum absolute atomic E-state index is 11.1. The van der Waals surface area contributed by atoms with E-state index in [9.17, 15) is 15.3 Å². The van der Waals surface area contributed by atoms with Gasteiger partial charge in [-0.1, -0.05) is 36.4 Å². The average molecular weight is 1040 g/mol. The predicted molar refractivity (Wildman–Crippen MR) is 285 cm³/mol. The van der Waals surface area contributed by atoms with E-state index in [1.165, 1.54) is 30.3 Å². The van der Waals surface area contributed by atoms with Crippen LogP contribution in [0.3, 0.4) is 0 Å². The van der Waals surface area contributed by atoms with Crippen molar-refractivity contribution in [2.24, 2.45) is 20.5 Å². The molecule has 0 saturated heterocycles. The number of ether oxygens (including phenoxy) is 1. The molecule has 0 saturated carbocycles. The fourth-order valence-electron chi connectivity index (χ4n) is 7.68. The number of nitrogen functional groups attached to an aromatic ring is 1. The number of anilines is 4. The average Bonchev–Trinajstić information content (AvgIpc) is 3.50. The summed E-state index contributed by atoms with van der Waals surface area (Å²) in [6, 6.07) is 41.5. The van der Waals surface area contributed by atoms with Gasteiger partial charge in [0.05, 0.1) is 61.2 Å². The lowest BCUT2D eigenvalue weighted by Gasteiger charge is -2.31. The Bertz CT molecular complexity index is 3430. The van der Waals surface area contributed by atoms with E-state index in [0.29, 0.717) is 11.4 Å². The van der Waals surface area contributed by atoms with E-state index in [1.807, 2.05) is 88.7 Å². The summed E-state index contributed by atoms with van der Waals surface area (Å²) in [5.41, 5.74) is 10.4. The highest BCUT2D eigenvalue weighted by Crippen LogP contribution is 2.39. The molecule has 0 radical (unpaired) electrons. The van der Waals surface area contributed by atoms with Gasteiger partial charge >= 0.3 is 0 Å². The zero-order valence-electron chi connectivity index (χ0n) is 41.3. The van der Waals surface area contributed by atoms with Gasteiger partial charge in [0.15, 0.2) is 5.75 Å². The second-order valence-corrected chi connectivity index (χ2v) is 16.9. The summed E-state index contributed by atoms with van der Waals surface area (Å²) in [6.07, 6.45) is 8.90.